The molecule has 0 aliphatic carbocycles. The van der Waals surface area contributed by atoms with E-state index in [1.54, 1.807) is 12.1 Å². The number of para-hydroxylation sites is 2. The molecule has 0 bridgehead atoms. The Kier molecular flexibility index (Phi) is 5.88. The molecule has 2 aliphatic heterocycles. The van der Waals surface area contributed by atoms with Crippen LogP contribution in [0.5, 0.6) is 0 Å². The van der Waals surface area contributed by atoms with Crippen LogP contribution in [0.15, 0.2) is 42.5 Å². The number of nitrogens with one attached hydrogen (secondary N) is 1. The maximum absolute atomic E-state index is 12.9. The molecule has 0 saturated carbocycles. The van der Waals surface area contributed by atoms with E-state index in [2.05, 4.69) is 22.0 Å². The second-order valence-electron chi connectivity index (χ2n) is 8.30. The van der Waals surface area contributed by atoms with Crippen LogP contribution in [0.3, 0.4) is 0 Å². The molecule has 1 N–H and O–H groups in total. The van der Waals surface area contributed by atoms with E-state index in [1.807, 2.05) is 24.3 Å². The first kappa shape index (κ1) is 20.2. The molecule has 0 spiro atoms. The van der Waals surface area contributed by atoms with E-state index in [9.17, 15) is 14.9 Å². The minimum atomic E-state index is -0.387. The summed E-state index contributed by atoms with van der Waals surface area (Å²) in [6.07, 6.45) is 4.33. The number of nitro groups is 1. The Hall–Kier alpha value is -3.09. The van der Waals surface area contributed by atoms with Crippen LogP contribution in [-0.4, -0.2) is 37.0 Å². The van der Waals surface area contributed by atoms with Crippen LogP contribution >= 0.6 is 0 Å². The normalized spacial score (nSPS) is 17.2. The molecule has 7 heteroatoms. The lowest BCUT2D eigenvalue weighted by molar-refractivity contribution is -0.384. The summed E-state index contributed by atoms with van der Waals surface area (Å²) >= 11 is 0. The number of hydrogen-bond acceptors (Lipinski definition) is 5. The third-order valence-corrected chi connectivity index (χ3v) is 6.16. The van der Waals surface area contributed by atoms with Gasteiger partial charge in [0.2, 0.25) is 0 Å². The van der Waals surface area contributed by atoms with Gasteiger partial charge in [0.1, 0.15) is 5.69 Å². The summed E-state index contributed by atoms with van der Waals surface area (Å²) in [6, 6.07) is 12.5. The predicted molar refractivity (Wildman–Crippen MR) is 120 cm³/mol. The van der Waals surface area contributed by atoms with Crippen LogP contribution in [-0.2, 0) is 0 Å². The van der Waals surface area contributed by atoms with Crippen molar-refractivity contribution in [2.75, 3.05) is 41.3 Å². The fourth-order valence-corrected chi connectivity index (χ4v) is 4.34. The maximum atomic E-state index is 12.9. The van der Waals surface area contributed by atoms with E-state index in [-0.39, 0.29) is 16.5 Å². The van der Waals surface area contributed by atoms with Crippen molar-refractivity contribution >= 4 is 28.7 Å². The van der Waals surface area contributed by atoms with E-state index < -0.39 is 0 Å². The highest BCUT2D eigenvalue weighted by molar-refractivity contribution is 6.06. The zero-order valence-corrected chi connectivity index (χ0v) is 17.3. The maximum Gasteiger partial charge on any atom is 0.293 e. The molecule has 30 heavy (non-hydrogen) atoms. The van der Waals surface area contributed by atoms with Gasteiger partial charge in [0.25, 0.3) is 11.6 Å². The number of carbonyl (C=O) groups is 1. The van der Waals surface area contributed by atoms with Gasteiger partial charge in [-0.1, -0.05) is 19.1 Å². The summed E-state index contributed by atoms with van der Waals surface area (Å²) in [6.45, 7) is 5.76. The summed E-state index contributed by atoms with van der Waals surface area (Å²) in [4.78, 5) is 28.6. The lowest BCUT2D eigenvalue weighted by Crippen LogP contribution is -2.33. The summed E-state index contributed by atoms with van der Waals surface area (Å²) < 4.78 is 0. The lowest BCUT2D eigenvalue weighted by atomic mass is 9.98. The molecule has 0 radical (unpaired) electrons. The largest absolute Gasteiger partial charge is 0.370 e. The van der Waals surface area contributed by atoms with Crippen molar-refractivity contribution in [2.24, 2.45) is 5.92 Å². The number of carbonyl (C=O) groups excluding carboxylic acids is 1. The van der Waals surface area contributed by atoms with Gasteiger partial charge in [-0.05, 0) is 55.9 Å². The SMILES string of the molecule is CC1CCN(c2ccc(C(=O)Nc3ccccc3N3CCCC3)cc2[N+](=O)[O-])CC1. The fraction of sp³-hybridized carbons (Fsp3) is 0.435. The fourth-order valence-electron chi connectivity index (χ4n) is 4.34. The number of rotatable bonds is 5. The molecular formula is C23H28N4O3. The minimum Gasteiger partial charge on any atom is -0.370 e. The third-order valence-electron chi connectivity index (χ3n) is 6.16. The molecule has 2 aliphatic rings. The highest BCUT2D eigenvalue weighted by Crippen LogP contribution is 2.33. The van der Waals surface area contributed by atoms with Crippen molar-refractivity contribution in [1.82, 2.24) is 0 Å². The Morgan fingerprint density at radius 3 is 2.37 bits per heavy atom. The summed E-state index contributed by atoms with van der Waals surface area (Å²) in [5, 5.41) is 14.7. The van der Waals surface area contributed by atoms with Crippen LogP contribution in [0.2, 0.25) is 0 Å². The van der Waals surface area contributed by atoms with E-state index >= 15 is 0 Å². The summed E-state index contributed by atoms with van der Waals surface area (Å²) in [5.74, 6) is 0.310. The first-order valence-electron chi connectivity index (χ1n) is 10.7. The lowest BCUT2D eigenvalue weighted by Gasteiger charge is -2.31. The Bertz CT molecular complexity index is 932. The number of hydrogen-bond donors (Lipinski definition) is 1. The van der Waals surface area contributed by atoms with Crippen LogP contribution in [0, 0.1) is 16.0 Å². The molecule has 7 nitrogen and oxygen atoms in total. The number of benzene rings is 2. The molecule has 2 aromatic rings. The van der Waals surface area contributed by atoms with Gasteiger partial charge >= 0.3 is 0 Å². The van der Waals surface area contributed by atoms with Crippen molar-refractivity contribution in [1.29, 1.82) is 0 Å². The first-order chi connectivity index (χ1) is 14.5. The molecule has 1 amide bonds. The van der Waals surface area contributed by atoms with E-state index in [4.69, 9.17) is 0 Å². The number of amides is 1. The zero-order valence-electron chi connectivity index (χ0n) is 17.3. The Morgan fingerprint density at radius 1 is 1.00 bits per heavy atom. The second-order valence-corrected chi connectivity index (χ2v) is 8.30. The van der Waals surface area contributed by atoms with E-state index in [1.165, 1.54) is 6.07 Å². The van der Waals surface area contributed by atoms with Gasteiger partial charge in [0, 0.05) is 37.8 Å². The van der Waals surface area contributed by atoms with Gasteiger partial charge in [0.15, 0.2) is 0 Å². The molecule has 2 aromatic carbocycles. The second kappa shape index (κ2) is 8.73. The van der Waals surface area contributed by atoms with Gasteiger partial charge in [-0.15, -0.1) is 0 Å². The number of anilines is 3. The van der Waals surface area contributed by atoms with Crippen molar-refractivity contribution in [3.63, 3.8) is 0 Å². The number of nitro benzene ring substituents is 1. The van der Waals surface area contributed by atoms with Crippen LogP contribution in [0.25, 0.3) is 0 Å². The standard InChI is InChI=1S/C23H28N4O3/c1-17-10-14-26(15-11-17)21-9-8-18(16-22(21)27(29)30)23(28)24-19-6-2-3-7-20(19)25-12-4-5-13-25/h2-3,6-9,16-17H,4-5,10-15H2,1H3,(H,24,28). The van der Waals surface area contributed by atoms with Gasteiger partial charge < -0.3 is 15.1 Å². The number of piperidine rings is 1. The molecule has 2 fully saturated rings. The highest BCUT2D eigenvalue weighted by atomic mass is 16.6. The smallest absolute Gasteiger partial charge is 0.293 e. The molecule has 2 heterocycles. The van der Waals surface area contributed by atoms with Gasteiger partial charge in [-0.2, -0.15) is 0 Å². The molecule has 158 valence electrons. The molecule has 0 atom stereocenters. The topological polar surface area (TPSA) is 78.7 Å². The molecule has 4 rings (SSSR count). The number of nitrogens with zero attached hydrogens (tertiary/aromatic N) is 3. The Balaban J connectivity index is 1.56. The zero-order chi connectivity index (χ0) is 21.1. The van der Waals surface area contributed by atoms with Crippen molar-refractivity contribution in [3.8, 4) is 0 Å². The minimum absolute atomic E-state index is 0.00923. The predicted octanol–water partition coefficient (Wildman–Crippen LogP) is 4.68. The van der Waals surface area contributed by atoms with Crippen molar-refractivity contribution in [2.45, 2.75) is 32.6 Å². The van der Waals surface area contributed by atoms with Crippen molar-refractivity contribution < 1.29 is 9.72 Å². The monoisotopic (exact) mass is 408 g/mol. The third kappa shape index (κ3) is 4.25. The van der Waals surface area contributed by atoms with Crippen molar-refractivity contribution in [3.05, 3.63) is 58.1 Å². The van der Waals surface area contributed by atoms with Gasteiger partial charge in [0.05, 0.1) is 16.3 Å². The van der Waals surface area contributed by atoms with Crippen LogP contribution in [0.4, 0.5) is 22.7 Å². The van der Waals surface area contributed by atoms with E-state index in [0.29, 0.717) is 17.2 Å². The molecule has 2 saturated heterocycles. The Labute approximate surface area is 176 Å². The summed E-state index contributed by atoms with van der Waals surface area (Å²) in [7, 11) is 0. The quantitative estimate of drug-likeness (QED) is 0.574. The first-order valence-corrected chi connectivity index (χ1v) is 10.7. The summed E-state index contributed by atoms with van der Waals surface area (Å²) in [5.41, 5.74) is 2.62. The Morgan fingerprint density at radius 2 is 1.67 bits per heavy atom. The average Bonchev–Trinajstić information content (AvgIpc) is 3.29. The average molecular weight is 409 g/mol. The molecular weight excluding hydrogens is 380 g/mol. The van der Waals surface area contributed by atoms with Crippen LogP contribution in [0.1, 0.15) is 43.0 Å². The van der Waals surface area contributed by atoms with E-state index in [0.717, 1.165) is 63.2 Å². The van der Waals surface area contributed by atoms with Gasteiger partial charge in [-0.3, -0.25) is 14.9 Å². The molecule has 0 unspecified atom stereocenters. The van der Waals surface area contributed by atoms with Gasteiger partial charge in [-0.25, -0.2) is 0 Å². The highest BCUT2D eigenvalue weighted by Gasteiger charge is 2.25. The molecule has 0 aromatic heterocycles. The van der Waals surface area contributed by atoms with Crippen LogP contribution < -0.4 is 15.1 Å².